The molecule has 1 aromatic carbocycles. The zero-order valence-corrected chi connectivity index (χ0v) is 11.5. The minimum Gasteiger partial charge on any atom is -0.496 e. The molecule has 1 aromatic heterocycles. The van der Waals surface area contributed by atoms with Crippen molar-refractivity contribution in [2.24, 2.45) is 5.73 Å². The van der Waals surface area contributed by atoms with Crippen molar-refractivity contribution in [3.05, 3.63) is 30.2 Å². The van der Waals surface area contributed by atoms with Crippen LogP contribution < -0.4 is 10.5 Å². The molecule has 1 aliphatic heterocycles. The Morgan fingerprint density at radius 3 is 2.90 bits per heavy atom. The van der Waals surface area contributed by atoms with E-state index in [0.29, 0.717) is 30.7 Å². The Balaban J connectivity index is 1.98. The van der Waals surface area contributed by atoms with Crippen molar-refractivity contribution in [1.29, 1.82) is 0 Å². The van der Waals surface area contributed by atoms with Crippen LogP contribution >= 0.6 is 0 Å². The average Bonchev–Trinajstić information content (AvgIpc) is 3.08. The van der Waals surface area contributed by atoms with E-state index in [2.05, 4.69) is 10.1 Å². The highest BCUT2D eigenvalue weighted by atomic mass is 16.5. The topological polar surface area (TPSA) is 83.4 Å². The maximum Gasteiger partial charge on any atom is 0.236 e. The van der Waals surface area contributed by atoms with Crippen LogP contribution in [0.1, 0.15) is 12.8 Å². The number of para-hydroxylation sites is 1. The van der Waals surface area contributed by atoms with Gasteiger partial charge in [-0.2, -0.15) is 4.98 Å². The minimum atomic E-state index is -0.437. The minimum absolute atomic E-state index is 0.145. The summed E-state index contributed by atoms with van der Waals surface area (Å²) < 4.78 is 16.1. The third-order valence-corrected chi connectivity index (χ3v) is 3.78. The first-order valence-electron chi connectivity index (χ1n) is 6.46. The van der Waals surface area contributed by atoms with Gasteiger partial charge < -0.3 is 19.7 Å². The fourth-order valence-electron chi connectivity index (χ4n) is 2.30. The molecule has 3 rings (SSSR count). The zero-order chi connectivity index (χ0) is 14.2. The van der Waals surface area contributed by atoms with Gasteiger partial charge in [-0.3, -0.25) is 0 Å². The van der Waals surface area contributed by atoms with Gasteiger partial charge in [-0.05, 0) is 19.1 Å². The number of nitrogens with zero attached hydrogens (tertiary/aromatic N) is 2. The largest absolute Gasteiger partial charge is 0.496 e. The molecule has 2 atom stereocenters. The second-order valence-corrected chi connectivity index (χ2v) is 5.16. The molecule has 0 radical (unpaired) electrons. The summed E-state index contributed by atoms with van der Waals surface area (Å²) >= 11 is 0. The number of nitrogens with two attached hydrogens (primary N) is 1. The van der Waals surface area contributed by atoms with Gasteiger partial charge in [0.1, 0.15) is 5.75 Å². The van der Waals surface area contributed by atoms with Gasteiger partial charge in [-0.15, -0.1) is 0 Å². The summed E-state index contributed by atoms with van der Waals surface area (Å²) in [6, 6.07) is 7.40. The van der Waals surface area contributed by atoms with Gasteiger partial charge in [0.15, 0.2) is 0 Å². The van der Waals surface area contributed by atoms with Crippen LogP contribution in [0.3, 0.4) is 0 Å². The molecule has 6 heteroatoms. The fourth-order valence-corrected chi connectivity index (χ4v) is 2.30. The summed E-state index contributed by atoms with van der Waals surface area (Å²) in [5, 5.41) is 4.04. The van der Waals surface area contributed by atoms with Gasteiger partial charge in [0.25, 0.3) is 0 Å². The van der Waals surface area contributed by atoms with E-state index in [1.54, 1.807) is 7.11 Å². The molecule has 0 bridgehead atoms. The van der Waals surface area contributed by atoms with Crippen molar-refractivity contribution in [2.45, 2.75) is 18.4 Å². The van der Waals surface area contributed by atoms with Crippen molar-refractivity contribution in [2.75, 3.05) is 20.3 Å². The second kappa shape index (κ2) is 4.88. The van der Waals surface area contributed by atoms with Crippen LogP contribution in [0.2, 0.25) is 0 Å². The molecule has 1 saturated heterocycles. The van der Waals surface area contributed by atoms with Gasteiger partial charge >= 0.3 is 0 Å². The summed E-state index contributed by atoms with van der Waals surface area (Å²) in [5.41, 5.74) is 6.43. The molecule has 0 spiro atoms. The van der Waals surface area contributed by atoms with E-state index < -0.39 is 5.41 Å². The van der Waals surface area contributed by atoms with E-state index in [0.717, 1.165) is 5.56 Å². The summed E-state index contributed by atoms with van der Waals surface area (Å²) in [6.45, 7) is 2.97. The SMILES string of the molecule is COc1ccccc1-c1noc(C2(C)COCC2N)n1. The van der Waals surface area contributed by atoms with Crippen LogP contribution in [0.15, 0.2) is 28.8 Å². The Kier molecular flexibility index (Phi) is 3.19. The number of methoxy groups -OCH3 is 1. The lowest BCUT2D eigenvalue weighted by molar-refractivity contribution is 0.169. The van der Waals surface area contributed by atoms with E-state index in [4.69, 9.17) is 19.7 Å². The van der Waals surface area contributed by atoms with Gasteiger partial charge in [-0.25, -0.2) is 0 Å². The maximum absolute atomic E-state index is 6.07. The predicted molar refractivity (Wildman–Crippen MR) is 72.4 cm³/mol. The standard InChI is InChI=1S/C14H17N3O3/c1-14(8-19-7-11(14)15)13-16-12(17-20-13)9-5-3-4-6-10(9)18-2/h3-6,11H,7-8,15H2,1-2H3. The number of hydrogen-bond acceptors (Lipinski definition) is 6. The monoisotopic (exact) mass is 275 g/mol. The fraction of sp³-hybridized carbons (Fsp3) is 0.429. The summed E-state index contributed by atoms with van der Waals surface area (Å²) in [7, 11) is 1.61. The van der Waals surface area contributed by atoms with Crippen LogP contribution in [0.25, 0.3) is 11.4 Å². The maximum atomic E-state index is 6.07. The Labute approximate surface area is 116 Å². The van der Waals surface area contributed by atoms with Crippen molar-refractivity contribution < 1.29 is 14.0 Å². The van der Waals surface area contributed by atoms with Gasteiger partial charge in [0, 0.05) is 6.04 Å². The Hall–Kier alpha value is -1.92. The lowest BCUT2D eigenvalue weighted by Gasteiger charge is -2.21. The smallest absolute Gasteiger partial charge is 0.236 e. The first-order valence-corrected chi connectivity index (χ1v) is 6.46. The zero-order valence-electron chi connectivity index (χ0n) is 11.5. The van der Waals surface area contributed by atoms with Gasteiger partial charge in [0.05, 0.1) is 31.3 Å². The van der Waals surface area contributed by atoms with Crippen molar-refractivity contribution in [3.8, 4) is 17.1 Å². The van der Waals surface area contributed by atoms with Crippen LogP contribution in [0.4, 0.5) is 0 Å². The van der Waals surface area contributed by atoms with E-state index >= 15 is 0 Å². The molecule has 106 valence electrons. The van der Waals surface area contributed by atoms with Crippen molar-refractivity contribution in [1.82, 2.24) is 10.1 Å². The highest BCUT2D eigenvalue weighted by Gasteiger charge is 2.44. The summed E-state index contributed by atoms with van der Waals surface area (Å²) in [5.74, 6) is 1.71. The second-order valence-electron chi connectivity index (χ2n) is 5.16. The molecule has 0 aliphatic carbocycles. The van der Waals surface area contributed by atoms with Crippen molar-refractivity contribution in [3.63, 3.8) is 0 Å². The lowest BCUT2D eigenvalue weighted by Crippen LogP contribution is -2.42. The van der Waals surface area contributed by atoms with E-state index in [-0.39, 0.29) is 6.04 Å². The molecule has 2 heterocycles. The number of rotatable bonds is 3. The molecule has 2 aromatic rings. The molecule has 6 nitrogen and oxygen atoms in total. The molecule has 20 heavy (non-hydrogen) atoms. The Morgan fingerprint density at radius 2 is 2.20 bits per heavy atom. The predicted octanol–water partition coefficient (Wildman–Crippen LogP) is 1.36. The Morgan fingerprint density at radius 1 is 1.40 bits per heavy atom. The highest BCUT2D eigenvalue weighted by molar-refractivity contribution is 5.63. The highest BCUT2D eigenvalue weighted by Crippen LogP contribution is 2.33. The normalized spacial score (nSPS) is 25.9. The van der Waals surface area contributed by atoms with E-state index in [9.17, 15) is 0 Å². The van der Waals surface area contributed by atoms with Crippen molar-refractivity contribution >= 4 is 0 Å². The third kappa shape index (κ3) is 1.97. The van der Waals surface area contributed by atoms with Crippen LogP contribution in [0.5, 0.6) is 5.75 Å². The summed E-state index contributed by atoms with van der Waals surface area (Å²) in [4.78, 5) is 4.48. The van der Waals surface area contributed by atoms with Gasteiger partial charge in [-0.1, -0.05) is 17.3 Å². The first-order chi connectivity index (χ1) is 9.65. The molecular weight excluding hydrogens is 258 g/mol. The molecule has 1 aliphatic rings. The first kappa shape index (κ1) is 13.1. The van der Waals surface area contributed by atoms with Crippen LogP contribution in [0, 0.1) is 0 Å². The van der Waals surface area contributed by atoms with E-state index in [1.807, 2.05) is 31.2 Å². The third-order valence-electron chi connectivity index (χ3n) is 3.78. The Bertz CT molecular complexity index is 613. The number of ether oxygens (including phenoxy) is 2. The molecule has 2 N–H and O–H groups in total. The lowest BCUT2D eigenvalue weighted by atomic mass is 9.86. The van der Waals surface area contributed by atoms with Crippen LogP contribution in [-0.4, -0.2) is 36.5 Å². The molecule has 0 saturated carbocycles. The number of hydrogen-bond donors (Lipinski definition) is 1. The van der Waals surface area contributed by atoms with Gasteiger partial charge in [0.2, 0.25) is 11.7 Å². The van der Waals surface area contributed by atoms with E-state index in [1.165, 1.54) is 0 Å². The summed E-state index contributed by atoms with van der Waals surface area (Å²) in [6.07, 6.45) is 0. The molecule has 2 unspecified atom stereocenters. The molecule has 0 amide bonds. The quantitative estimate of drug-likeness (QED) is 0.910. The number of benzene rings is 1. The van der Waals surface area contributed by atoms with Crippen LogP contribution in [-0.2, 0) is 10.2 Å². The molecule has 1 fully saturated rings. The molecular formula is C14H17N3O3. The average molecular weight is 275 g/mol. The number of aromatic nitrogens is 2.